The number of nitrogens with zero attached hydrogens (tertiary/aromatic N) is 3. The van der Waals surface area contributed by atoms with Gasteiger partial charge in [-0.3, -0.25) is 9.59 Å². The van der Waals surface area contributed by atoms with E-state index in [4.69, 9.17) is 0 Å². The summed E-state index contributed by atoms with van der Waals surface area (Å²) < 4.78 is 0. The Bertz CT molecular complexity index is 549. The van der Waals surface area contributed by atoms with Crippen molar-refractivity contribution in [1.29, 1.82) is 0 Å². The van der Waals surface area contributed by atoms with E-state index in [0.29, 0.717) is 15.7 Å². The standard InChI is InChI=1S/C13H19N5O2S/c1-9-11(21-13(15-9)16-10(2)19)12(20)17-14-8-18-6-4-3-5-7-18/h8H,3-7H2,1-2H3,(H,17,20)(H,15,16,19)/b14-8+. The highest BCUT2D eigenvalue weighted by Gasteiger charge is 2.15. The number of hydrogen-bond acceptors (Lipinski definition) is 5. The van der Waals surface area contributed by atoms with Crippen LogP contribution in [0.15, 0.2) is 5.10 Å². The molecule has 0 unspecified atom stereocenters. The Morgan fingerprint density at radius 2 is 2.05 bits per heavy atom. The van der Waals surface area contributed by atoms with Crippen LogP contribution >= 0.6 is 11.3 Å². The van der Waals surface area contributed by atoms with Gasteiger partial charge < -0.3 is 10.2 Å². The Balaban J connectivity index is 1.92. The molecule has 2 amide bonds. The van der Waals surface area contributed by atoms with E-state index in [1.807, 2.05) is 0 Å². The van der Waals surface area contributed by atoms with Gasteiger partial charge in [0.15, 0.2) is 5.13 Å². The number of aromatic nitrogens is 1. The van der Waals surface area contributed by atoms with Gasteiger partial charge in [-0.2, -0.15) is 5.10 Å². The third-order valence-corrected chi connectivity index (χ3v) is 4.14. The largest absolute Gasteiger partial charge is 0.361 e. The van der Waals surface area contributed by atoms with Gasteiger partial charge in [-0.15, -0.1) is 0 Å². The molecule has 1 fully saturated rings. The van der Waals surface area contributed by atoms with Gasteiger partial charge in [0.25, 0.3) is 5.91 Å². The van der Waals surface area contributed by atoms with Crippen molar-refractivity contribution in [3.63, 3.8) is 0 Å². The zero-order valence-electron chi connectivity index (χ0n) is 12.2. The molecule has 21 heavy (non-hydrogen) atoms. The fourth-order valence-electron chi connectivity index (χ4n) is 2.06. The summed E-state index contributed by atoms with van der Waals surface area (Å²) >= 11 is 1.14. The Labute approximate surface area is 127 Å². The molecule has 8 heteroatoms. The second-order valence-electron chi connectivity index (χ2n) is 4.90. The maximum atomic E-state index is 12.0. The first-order valence-corrected chi connectivity index (χ1v) is 7.70. The summed E-state index contributed by atoms with van der Waals surface area (Å²) in [5.74, 6) is -0.520. The summed E-state index contributed by atoms with van der Waals surface area (Å²) in [5, 5.41) is 6.97. The maximum absolute atomic E-state index is 12.0. The van der Waals surface area contributed by atoms with Crippen molar-refractivity contribution in [2.75, 3.05) is 18.4 Å². The number of hydrazone groups is 1. The number of thiazole rings is 1. The highest BCUT2D eigenvalue weighted by molar-refractivity contribution is 7.17. The average Bonchev–Trinajstić information content (AvgIpc) is 2.80. The Kier molecular flexibility index (Phi) is 5.26. The highest BCUT2D eigenvalue weighted by atomic mass is 32.1. The first kappa shape index (κ1) is 15.4. The Morgan fingerprint density at radius 1 is 1.33 bits per heavy atom. The minimum atomic E-state index is -0.310. The van der Waals surface area contributed by atoms with Crippen LogP contribution in [-0.2, 0) is 4.79 Å². The topological polar surface area (TPSA) is 86.7 Å². The van der Waals surface area contributed by atoms with Crippen LogP contribution in [0.1, 0.15) is 41.6 Å². The second-order valence-corrected chi connectivity index (χ2v) is 5.90. The van der Waals surface area contributed by atoms with Crippen LogP contribution in [-0.4, -0.2) is 41.1 Å². The van der Waals surface area contributed by atoms with Gasteiger partial charge >= 0.3 is 0 Å². The number of piperidine rings is 1. The molecule has 1 aliphatic rings. The van der Waals surface area contributed by atoms with Crippen LogP contribution in [0.5, 0.6) is 0 Å². The molecule has 0 aromatic carbocycles. The summed E-state index contributed by atoms with van der Waals surface area (Å²) in [7, 11) is 0. The molecule has 0 saturated carbocycles. The van der Waals surface area contributed by atoms with Crippen LogP contribution in [0.3, 0.4) is 0 Å². The molecule has 2 N–H and O–H groups in total. The van der Waals surface area contributed by atoms with Gasteiger partial charge in [0, 0.05) is 20.0 Å². The number of carbonyl (C=O) groups excluding carboxylic acids is 2. The van der Waals surface area contributed by atoms with Crippen molar-refractivity contribution < 1.29 is 9.59 Å². The molecule has 2 rings (SSSR count). The fraction of sp³-hybridized carbons (Fsp3) is 0.538. The summed E-state index contributed by atoms with van der Waals surface area (Å²) in [5.41, 5.74) is 3.08. The number of rotatable bonds is 4. The summed E-state index contributed by atoms with van der Waals surface area (Å²) in [4.78, 5) is 29.7. The van der Waals surface area contributed by atoms with E-state index >= 15 is 0 Å². The van der Waals surface area contributed by atoms with Crippen molar-refractivity contribution in [2.24, 2.45) is 5.10 Å². The van der Waals surface area contributed by atoms with E-state index in [1.54, 1.807) is 13.3 Å². The van der Waals surface area contributed by atoms with Gasteiger partial charge in [0.05, 0.1) is 5.69 Å². The zero-order chi connectivity index (χ0) is 15.2. The summed E-state index contributed by atoms with van der Waals surface area (Å²) in [6.45, 7) is 5.09. The summed E-state index contributed by atoms with van der Waals surface area (Å²) in [6.07, 6.45) is 5.24. The lowest BCUT2D eigenvalue weighted by molar-refractivity contribution is -0.114. The number of aryl methyl sites for hydroxylation is 1. The first-order chi connectivity index (χ1) is 10.1. The number of anilines is 1. The van der Waals surface area contributed by atoms with Gasteiger partial charge in [-0.05, 0) is 26.2 Å². The monoisotopic (exact) mass is 309 g/mol. The van der Waals surface area contributed by atoms with Crippen LogP contribution in [0, 0.1) is 6.92 Å². The molecule has 0 radical (unpaired) electrons. The van der Waals surface area contributed by atoms with Crippen molar-refractivity contribution in [3.05, 3.63) is 10.6 Å². The lowest BCUT2D eigenvalue weighted by Crippen LogP contribution is -2.30. The minimum absolute atomic E-state index is 0.209. The van der Waals surface area contributed by atoms with Crippen molar-refractivity contribution in [1.82, 2.24) is 15.3 Å². The zero-order valence-corrected chi connectivity index (χ0v) is 13.0. The van der Waals surface area contributed by atoms with Gasteiger partial charge in [0.2, 0.25) is 5.91 Å². The molecule has 1 aliphatic heterocycles. The predicted molar refractivity (Wildman–Crippen MR) is 82.5 cm³/mol. The lowest BCUT2D eigenvalue weighted by Gasteiger charge is -2.23. The van der Waals surface area contributed by atoms with Gasteiger partial charge in [-0.1, -0.05) is 11.3 Å². The molecule has 114 valence electrons. The Hall–Kier alpha value is -1.96. The van der Waals surface area contributed by atoms with E-state index in [-0.39, 0.29) is 11.8 Å². The molecule has 0 bridgehead atoms. The molecular formula is C13H19N5O2S. The predicted octanol–water partition coefficient (Wildman–Crippen LogP) is 1.57. The molecule has 1 saturated heterocycles. The molecule has 1 aromatic heterocycles. The van der Waals surface area contributed by atoms with E-state index in [9.17, 15) is 9.59 Å². The van der Waals surface area contributed by atoms with Crippen LogP contribution < -0.4 is 10.7 Å². The van der Waals surface area contributed by atoms with Crippen molar-refractivity contribution >= 4 is 34.6 Å². The number of likely N-dealkylation sites (tertiary alicyclic amines) is 1. The van der Waals surface area contributed by atoms with Crippen LogP contribution in [0.2, 0.25) is 0 Å². The van der Waals surface area contributed by atoms with Crippen molar-refractivity contribution in [2.45, 2.75) is 33.1 Å². The first-order valence-electron chi connectivity index (χ1n) is 6.89. The number of nitrogens with one attached hydrogen (secondary N) is 2. The van der Waals surface area contributed by atoms with Crippen molar-refractivity contribution in [3.8, 4) is 0 Å². The second kappa shape index (κ2) is 7.16. The quantitative estimate of drug-likeness (QED) is 0.502. The smallest absolute Gasteiger partial charge is 0.283 e. The number of hydrogen-bond donors (Lipinski definition) is 2. The molecule has 7 nitrogen and oxygen atoms in total. The molecule has 2 heterocycles. The van der Waals surface area contributed by atoms with E-state index < -0.39 is 0 Å². The fourth-order valence-corrected chi connectivity index (χ4v) is 2.97. The Morgan fingerprint density at radius 3 is 2.71 bits per heavy atom. The molecule has 0 spiro atoms. The van der Waals surface area contributed by atoms with Gasteiger partial charge in [-0.25, -0.2) is 10.4 Å². The third-order valence-electron chi connectivity index (χ3n) is 3.06. The minimum Gasteiger partial charge on any atom is -0.361 e. The summed E-state index contributed by atoms with van der Waals surface area (Å²) in [6, 6.07) is 0. The lowest BCUT2D eigenvalue weighted by atomic mass is 10.1. The number of carbonyl (C=O) groups is 2. The number of amides is 2. The third kappa shape index (κ3) is 4.52. The van der Waals surface area contributed by atoms with Gasteiger partial charge in [0.1, 0.15) is 11.2 Å². The SMILES string of the molecule is CC(=O)Nc1nc(C)c(C(=O)N/N=C/N2CCCCC2)s1. The average molecular weight is 309 g/mol. The van der Waals surface area contributed by atoms with Crippen LogP contribution in [0.25, 0.3) is 0 Å². The van der Waals surface area contributed by atoms with E-state index in [1.165, 1.54) is 13.3 Å². The van der Waals surface area contributed by atoms with E-state index in [2.05, 4.69) is 25.7 Å². The molecule has 1 aromatic rings. The van der Waals surface area contributed by atoms with Crippen LogP contribution in [0.4, 0.5) is 5.13 Å². The molecular weight excluding hydrogens is 290 g/mol. The molecule has 0 atom stereocenters. The molecule has 0 aliphatic carbocycles. The highest BCUT2D eigenvalue weighted by Crippen LogP contribution is 2.22. The normalized spacial score (nSPS) is 15.2. The maximum Gasteiger partial charge on any atom is 0.283 e. The van der Waals surface area contributed by atoms with E-state index in [0.717, 1.165) is 37.3 Å².